The van der Waals surface area contributed by atoms with Gasteiger partial charge in [-0.2, -0.15) is 4.68 Å². The number of hydrogen-bond donors (Lipinski definition) is 1. The molecule has 0 fully saturated rings. The Labute approximate surface area is 89.4 Å². The highest BCUT2D eigenvalue weighted by molar-refractivity contribution is 7.71. The van der Waals surface area contributed by atoms with Crippen LogP contribution in [0.2, 0.25) is 0 Å². The van der Waals surface area contributed by atoms with E-state index in [1.54, 1.807) is 25.2 Å². The van der Waals surface area contributed by atoms with E-state index in [9.17, 15) is 4.79 Å². The second-order valence-electron chi connectivity index (χ2n) is 3.06. The first-order valence-electron chi connectivity index (χ1n) is 4.01. The molecule has 0 unspecified atom stereocenters. The summed E-state index contributed by atoms with van der Waals surface area (Å²) in [4.78, 5) is 15.7. The summed E-state index contributed by atoms with van der Waals surface area (Å²) >= 11 is 6.56. The first-order chi connectivity index (χ1) is 6.61. The minimum atomic E-state index is -0.0741. The van der Waals surface area contributed by atoms with Crippen molar-refractivity contribution < 1.29 is 0 Å². The SMILES string of the molecule is CN(C)n1c(=S)[nH]c2sccc2c1=O. The highest BCUT2D eigenvalue weighted by atomic mass is 32.1. The van der Waals surface area contributed by atoms with E-state index in [1.807, 2.05) is 5.38 Å². The fourth-order valence-corrected chi connectivity index (χ4v) is 2.49. The van der Waals surface area contributed by atoms with Gasteiger partial charge in [0, 0.05) is 14.1 Å². The summed E-state index contributed by atoms with van der Waals surface area (Å²) in [5.41, 5.74) is -0.0741. The third-order valence-corrected chi connectivity index (χ3v) is 3.01. The van der Waals surface area contributed by atoms with E-state index in [0.29, 0.717) is 10.2 Å². The average molecular weight is 227 g/mol. The summed E-state index contributed by atoms with van der Waals surface area (Å²) in [7, 11) is 3.56. The molecule has 0 aliphatic heterocycles. The number of aromatic amines is 1. The van der Waals surface area contributed by atoms with Crippen molar-refractivity contribution in [3.63, 3.8) is 0 Å². The molecule has 0 amide bonds. The van der Waals surface area contributed by atoms with Crippen LogP contribution in [0.1, 0.15) is 0 Å². The summed E-state index contributed by atoms with van der Waals surface area (Å²) < 4.78 is 1.86. The molecule has 4 nitrogen and oxygen atoms in total. The molecule has 0 saturated carbocycles. The van der Waals surface area contributed by atoms with E-state index in [0.717, 1.165) is 4.83 Å². The van der Waals surface area contributed by atoms with E-state index in [1.165, 1.54) is 16.0 Å². The zero-order valence-electron chi connectivity index (χ0n) is 7.77. The predicted octanol–water partition coefficient (Wildman–Crippen LogP) is 1.32. The standard InChI is InChI=1S/C8H9N3OS2/c1-10(2)11-7(12)5-3-4-14-6(5)9-8(11)13/h3-4H,1-2H3,(H,9,13). The lowest BCUT2D eigenvalue weighted by Crippen LogP contribution is -2.36. The van der Waals surface area contributed by atoms with Crippen molar-refractivity contribution in [3.8, 4) is 0 Å². The van der Waals surface area contributed by atoms with Crippen molar-refractivity contribution in [2.75, 3.05) is 19.1 Å². The molecular formula is C8H9N3OS2. The van der Waals surface area contributed by atoms with Crippen LogP contribution in [0.3, 0.4) is 0 Å². The summed E-state index contributed by atoms with van der Waals surface area (Å²) in [6.45, 7) is 0. The highest BCUT2D eigenvalue weighted by Crippen LogP contribution is 2.13. The number of aromatic nitrogens is 2. The minimum absolute atomic E-state index is 0.0741. The molecular weight excluding hydrogens is 218 g/mol. The van der Waals surface area contributed by atoms with Gasteiger partial charge in [0.2, 0.25) is 0 Å². The third-order valence-electron chi connectivity index (χ3n) is 1.90. The lowest BCUT2D eigenvalue weighted by Gasteiger charge is -2.14. The highest BCUT2D eigenvalue weighted by Gasteiger charge is 2.06. The Bertz CT molecular complexity index is 578. The molecule has 6 heteroatoms. The van der Waals surface area contributed by atoms with Crippen LogP contribution in [0.5, 0.6) is 0 Å². The van der Waals surface area contributed by atoms with Crippen molar-refractivity contribution in [2.45, 2.75) is 0 Å². The lowest BCUT2D eigenvalue weighted by molar-refractivity contribution is 0.681. The second kappa shape index (κ2) is 3.21. The molecule has 0 bridgehead atoms. The van der Waals surface area contributed by atoms with Gasteiger partial charge in [-0.3, -0.25) is 4.79 Å². The van der Waals surface area contributed by atoms with Crippen molar-refractivity contribution in [2.24, 2.45) is 0 Å². The summed E-state index contributed by atoms with van der Waals surface area (Å²) in [6.07, 6.45) is 0. The average Bonchev–Trinajstić information content (AvgIpc) is 2.50. The maximum atomic E-state index is 11.9. The fraction of sp³-hybridized carbons (Fsp3) is 0.250. The number of thiophene rings is 1. The van der Waals surface area contributed by atoms with Crippen LogP contribution < -0.4 is 10.6 Å². The Morgan fingerprint density at radius 3 is 2.93 bits per heavy atom. The van der Waals surface area contributed by atoms with Crippen LogP contribution in [0.15, 0.2) is 16.2 Å². The van der Waals surface area contributed by atoms with Crippen molar-refractivity contribution in [1.29, 1.82) is 0 Å². The van der Waals surface area contributed by atoms with Crippen LogP contribution in [0.25, 0.3) is 10.2 Å². The molecule has 2 rings (SSSR count). The van der Waals surface area contributed by atoms with E-state index in [2.05, 4.69) is 4.98 Å². The van der Waals surface area contributed by atoms with E-state index in [4.69, 9.17) is 12.2 Å². The molecule has 1 N–H and O–H groups in total. The van der Waals surface area contributed by atoms with Gasteiger partial charge < -0.3 is 9.99 Å². The number of rotatable bonds is 1. The van der Waals surface area contributed by atoms with E-state index >= 15 is 0 Å². The molecule has 0 aliphatic rings. The molecule has 0 atom stereocenters. The molecule has 14 heavy (non-hydrogen) atoms. The Balaban J connectivity index is 2.97. The smallest absolute Gasteiger partial charge is 0.281 e. The zero-order valence-corrected chi connectivity index (χ0v) is 9.41. The number of nitrogens with zero attached hydrogens (tertiary/aromatic N) is 2. The first kappa shape index (κ1) is 9.42. The first-order valence-corrected chi connectivity index (χ1v) is 5.30. The van der Waals surface area contributed by atoms with Crippen molar-refractivity contribution in [3.05, 3.63) is 26.6 Å². The molecule has 0 saturated heterocycles. The third kappa shape index (κ3) is 1.27. The van der Waals surface area contributed by atoms with Gasteiger partial charge in [0.25, 0.3) is 5.56 Å². The van der Waals surface area contributed by atoms with Crippen LogP contribution in [-0.4, -0.2) is 23.8 Å². The Kier molecular flexibility index (Phi) is 2.16. The molecule has 2 heterocycles. The van der Waals surface area contributed by atoms with Gasteiger partial charge in [-0.1, -0.05) is 0 Å². The fourth-order valence-electron chi connectivity index (χ4n) is 1.29. The number of H-pyrrole nitrogens is 1. The normalized spacial score (nSPS) is 10.7. The Morgan fingerprint density at radius 2 is 2.29 bits per heavy atom. The van der Waals surface area contributed by atoms with Crippen LogP contribution in [0.4, 0.5) is 0 Å². The van der Waals surface area contributed by atoms with Crippen molar-refractivity contribution >= 4 is 33.8 Å². The van der Waals surface area contributed by atoms with Gasteiger partial charge >= 0.3 is 0 Å². The van der Waals surface area contributed by atoms with Crippen molar-refractivity contribution in [1.82, 2.24) is 9.66 Å². The molecule has 74 valence electrons. The molecule has 0 aliphatic carbocycles. The molecule has 2 aromatic heterocycles. The van der Waals surface area contributed by atoms with Gasteiger partial charge in [-0.05, 0) is 23.7 Å². The summed E-state index contributed by atoms with van der Waals surface area (Å²) in [6, 6.07) is 1.80. The van der Waals surface area contributed by atoms with Crippen LogP contribution >= 0.6 is 23.6 Å². The van der Waals surface area contributed by atoms with E-state index in [-0.39, 0.29) is 5.56 Å². The Morgan fingerprint density at radius 1 is 1.57 bits per heavy atom. The maximum Gasteiger partial charge on any atom is 0.281 e. The molecule has 0 aromatic carbocycles. The number of nitrogens with one attached hydrogen (secondary N) is 1. The quantitative estimate of drug-likeness (QED) is 0.747. The number of hydrogen-bond acceptors (Lipinski definition) is 4. The largest absolute Gasteiger partial charge is 0.322 e. The summed E-state index contributed by atoms with van der Waals surface area (Å²) in [5.74, 6) is 0. The van der Waals surface area contributed by atoms with Gasteiger partial charge in [-0.15, -0.1) is 11.3 Å². The second-order valence-corrected chi connectivity index (χ2v) is 4.36. The number of fused-ring (bicyclic) bond motifs is 1. The molecule has 2 aromatic rings. The van der Waals surface area contributed by atoms with Gasteiger partial charge in [0.05, 0.1) is 5.39 Å². The molecule has 0 radical (unpaired) electrons. The minimum Gasteiger partial charge on any atom is -0.322 e. The van der Waals surface area contributed by atoms with Gasteiger partial charge in [-0.25, -0.2) is 0 Å². The van der Waals surface area contributed by atoms with Crippen LogP contribution in [0, 0.1) is 4.77 Å². The monoisotopic (exact) mass is 227 g/mol. The summed E-state index contributed by atoms with van der Waals surface area (Å²) in [5, 5.41) is 4.22. The topological polar surface area (TPSA) is 41.0 Å². The molecule has 0 spiro atoms. The maximum absolute atomic E-state index is 11.9. The predicted molar refractivity (Wildman–Crippen MR) is 61.3 cm³/mol. The van der Waals surface area contributed by atoms with Crippen LogP contribution in [-0.2, 0) is 0 Å². The van der Waals surface area contributed by atoms with E-state index < -0.39 is 0 Å². The zero-order chi connectivity index (χ0) is 10.3. The van der Waals surface area contributed by atoms with Gasteiger partial charge in [0.1, 0.15) is 4.83 Å². The lowest BCUT2D eigenvalue weighted by atomic mass is 10.4. The van der Waals surface area contributed by atoms with Gasteiger partial charge in [0.15, 0.2) is 4.77 Å². The Hall–Kier alpha value is -1.14.